The van der Waals surface area contributed by atoms with Gasteiger partial charge >= 0.3 is 0 Å². The van der Waals surface area contributed by atoms with E-state index in [9.17, 15) is 14.7 Å². The summed E-state index contributed by atoms with van der Waals surface area (Å²) in [5.41, 5.74) is 1.97. The van der Waals surface area contributed by atoms with Crippen LogP contribution in [0.4, 0.5) is 5.13 Å². The fourth-order valence-electron chi connectivity index (χ4n) is 3.74. The van der Waals surface area contributed by atoms with Gasteiger partial charge in [0, 0.05) is 24.5 Å². The van der Waals surface area contributed by atoms with Crippen molar-refractivity contribution >= 4 is 28.3 Å². The van der Waals surface area contributed by atoms with Gasteiger partial charge in [-0.05, 0) is 38.8 Å². The molecule has 3 rings (SSSR count). The number of piperidine rings is 1. The first-order valence-corrected chi connectivity index (χ1v) is 11.2. The summed E-state index contributed by atoms with van der Waals surface area (Å²) < 4.78 is 0. The summed E-state index contributed by atoms with van der Waals surface area (Å²) in [7, 11) is 0. The van der Waals surface area contributed by atoms with Crippen molar-refractivity contribution < 1.29 is 14.7 Å². The smallest absolute Gasteiger partial charge is 0.240 e. The molecule has 1 unspecified atom stereocenters. The quantitative estimate of drug-likeness (QED) is 0.672. The third-order valence-corrected chi connectivity index (χ3v) is 6.38. The number of carbonyl (C=O) groups excluding carboxylic acids is 2. The standard InChI is InChI=1S/C22H30N4O3S/c1-16-17(2)30-22(23-16)24-20(28)15-25-10-6-9-19(14-25)21(29)26(11-12-27)13-18-7-4-3-5-8-18/h3-5,7-8,19,27H,6,9-15H2,1-2H3,(H,23,24,28). The number of hydrogen-bond donors (Lipinski definition) is 2. The van der Waals surface area contributed by atoms with Crippen LogP contribution in [0.3, 0.4) is 0 Å². The molecule has 2 amide bonds. The topological polar surface area (TPSA) is 85.8 Å². The number of anilines is 1. The number of nitrogens with one attached hydrogen (secondary N) is 1. The average molecular weight is 431 g/mol. The first-order valence-electron chi connectivity index (χ1n) is 10.4. The Labute approximate surface area is 181 Å². The number of aromatic nitrogens is 1. The number of benzene rings is 1. The molecule has 2 heterocycles. The zero-order chi connectivity index (χ0) is 21.5. The highest BCUT2D eigenvalue weighted by molar-refractivity contribution is 7.15. The molecule has 1 aliphatic heterocycles. The fourth-order valence-corrected chi connectivity index (χ4v) is 4.57. The van der Waals surface area contributed by atoms with Gasteiger partial charge in [-0.15, -0.1) is 11.3 Å². The van der Waals surface area contributed by atoms with Crippen LogP contribution < -0.4 is 5.32 Å². The lowest BCUT2D eigenvalue weighted by molar-refractivity contribution is -0.139. The maximum absolute atomic E-state index is 13.1. The predicted octanol–water partition coefficient (Wildman–Crippen LogP) is 2.43. The number of aliphatic hydroxyl groups is 1. The van der Waals surface area contributed by atoms with Crippen molar-refractivity contribution in [1.29, 1.82) is 0 Å². The van der Waals surface area contributed by atoms with Crippen molar-refractivity contribution in [3.8, 4) is 0 Å². The Bertz CT molecular complexity index is 836. The van der Waals surface area contributed by atoms with Crippen molar-refractivity contribution in [2.24, 2.45) is 5.92 Å². The summed E-state index contributed by atoms with van der Waals surface area (Å²) >= 11 is 1.47. The van der Waals surface area contributed by atoms with E-state index in [2.05, 4.69) is 10.3 Å². The van der Waals surface area contributed by atoms with Gasteiger partial charge in [-0.2, -0.15) is 0 Å². The van der Waals surface area contributed by atoms with E-state index in [1.807, 2.05) is 49.1 Å². The van der Waals surface area contributed by atoms with Crippen molar-refractivity contribution in [3.63, 3.8) is 0 Å². The Morgan fingerprint density at radius 1 is 1.30 bits per heavy atom. The molecule has 0 aliphatic carbocycles. The molecule has 1 fully saturated rings. The van der Waals surface area contributed by atoms with E-state index in [0.717, 1.165) is 35.5 Å². The zero-order valence-electron chi connectivity index (χ0n) is 17.6. The summed E-state index contributed by atoms with van der Waals surface area (Å²) in [6.45, 7) is 6.25. The summed E-state index contributed by atoms with van der Waals surface area (Å²) in [5, 5.41) is 12.9. The second-order valence-corrected chi connectivity index (χ2v) is 8.96. The molecule has 1 atom stereocenters. The molecule has 1 aromatic heterocycles. The number of carbonyl (C=O) groups is 2. The second kappa shape index (κ2) is 10.7. The van der Waals surface area contributed by atoms with E-state index in [-0.39, 0.29) is 30.9 Å². The Balaban J connectivity index is 1.56. The molecule has 0 saturated carbocycles. The van der Waals surface area contributed by atoms with E-state index < -0.39 is 0 Å². The number of aliphatic hydroxyl groups excluding tert-OH is 1. The zero-order valence-corrected chi connectivity index (χ0v) is 18.5. The van der Waals surface area contributed by atoms with E-state index in [1.165, 1.54) is 11.3 Å². The molecule has 8 heteroatoms. The molecular weight excluding hydrogens is 400 g/mol. The van der Waals surface area contributed by atoms with Crippen LogP contribution in [0, 0.1) is 19.8 Å². The summed E-state index contributed by atoms with van der Waals surface area (Å²) in [6.07, 6.45) is 1.68. The van der Waals surface area contributed by atoms with Gasteiger partial charge in [-0.3, -0.25) is 14.5 Å². The number of hydrogen-bond acceptors (Lipinski definition) is 6. The monoisotopic (exact) mass is 430 g/mol. The number of rotatable bonds is 8. The minimum absolute atomic E-state index is 0.0455. The Kier molecular flexibility index (Phi) is 7.95. The summed E-state index contributed by atoms with van der Waals surface area (Å²) in [5.74, 6) is -0.219. The van der Waals surface area contributed by atoms with Crippen molar-refractivity contribution in [2.45, 2.75) is 33.2 Å². The molecule has 0 bridgehead atoms. The molecule has 0 spiro atoms. The third-order valence-electron chi connectivity index (χ3n) is 5.39. The van der Waals surface area contributed by atoms with E-state index in [0.29, 0.717) is 24.8 Å². The van der Waals surface area contributed by atoms with Gasteiger partial charge in [0.25, 0.3) is 0 Å². The molecule has 0 radical (unpaired) electrons. The average Bonchev–Trinajstić information content (AvgIpc) is 3.04. The van der Waals surface area contributed by atoms with E-state index in [4.69, 9.17) is 0 Å². The lowest BCUT2D eigenvalue weighted by atomic mass is 9.96. The van der Waals surface area contributed by atoms with Gasteiger partial charge in [0.1, 0.15) is 0 Å². The maximum atomic E-state index is 13.1. The number of amides is 2. The van der Waals surface area contributed by atoms with Crippen LogP contribution in [0.5, 0.6) is 0 Å². The van der Waals surface area contributed by atoms with E-state index in [1.54, 1.807) is 4.90 Å². The minimum Gasteiger partial charge on any atom is -0.395 e. The first-order chi connectivity index (χ1) is 14.5. The van der Waals surface area contributed by atoms with Crippen LogP contribution in [0.25, 0.3) is 0 Å². The molecule has 162 valence electrons. The highest BCUT2D eigenvalue weighted by Crippen LogP contribution is 2.22. The maximum Gasteiger partial charge on any atom is 0.240 e. The molecule has 7 nitrogen and oxygen atoms in total. The molecule has 30 heavy (non-hydrogen) atoms. The first kappa shape index (κ1) is 22.4. The Hall–Kier alpha value is -2.29. The molecule has 2 N–H and O–H groups in total. The lowest BCUT2D eigenvalue weighted by Crippen LogP contribution is -2.47. The predicted molar refractivity (Wildman–Crippen MR) is 118 cm³/mol. The van der Waals surface area contributed by atoms with Crippen molar-refractivity contribution in [1.82, 2.24) is 14.8 Å². The highest BCUT2D eigenvalue weighted by atomic mass is 32.1. The fraction of sp³-hybridized carbons (Fsp3) is 0.500. The van der Waals surface area contributed by atoms with Gasteiger partial charge in [-0.1, -0.05) is 30.3 Å². The number of likely N-dealkylation sites (tertiary alicyclic amines) is 1. The Morgan fingerprint density at radius 3 is 2.73 bits per heavy atom. The lowest BCUT2D eigenvalue weighted by Gasteiger charge is -2.34. The van der Waals surface area contributed by atoms with Gasteiger partial charge in [0.05, 0.1) is 24.8 Å². The molecule has 1 saturated heterocycles. The van der Waals surface area contributed by atoms with Crippen LogP contribution in [0.15, 0.2) is 30.3 Å². The van der Waals surface area contributed by atoms with Crippen LogP contribution in [-0.2, 0) is 16.1 Å². The molecular formula is C22H30N4O3S. The van der Waals surface area contributed by atoms with Crippen LogP contribution in [0.1, 0.15) is 29.0 Å². The van der Waals surface area contributed by atoms with E-state index >= 15 is 0 Å². The Morgan fingerprint density at radius 2 is 2.07 bits per heavy atom. The SMILES string of the molecule is Cc1nc(NC(=O)CN2CCCC(C(=O)N(CCO)Cc3ccccc3)C2)sc1C. The summed E-state index contributed by atoms with van der Waals surface area (Å²) in [4.78, 5) is 34.8. The molecule has 1 aromatic carbocycles. The van der Waals surface area contributed by atoms with Crippen molar-refractivity contribution in [2.75, 3.05) is 38.1 Å². The van der Waals surface area contributed by atoms with Gasteiger partial charge in [-0.25, -0.2) is 4.98 Å². The highest BCUT2D eigenvalue weighted by Gasteiger charge is 2.30. The largest absolute Gasteiger partial charge is 0.395 e. The second-order valence-electron chi connectivity index (χ2n) is 7.75. The van der Waals surface area contributed by atoms with Gasteiger partial charge in [0.2, 0.25) is 11.8 Å². The van der Waals surface area contributed by atoms with Gasteiger partial charge in [0.15, 0.2) is 5.13 Å². The van der Waals surface area contributed by atoms with Crippen LogP contribution in [-0.4, -0.2) is 64.5 Å². The van der Waals surface area contributed by atoms with Crippen LogP contribution in [0.2, 0.25) is 0 Å². The molecule has 2 aromatic rings. The third kappa shape index (κ3) is 6.10. The molecule has 1 aliphatic rings. The normalized spacial score (nSPS) is 17.0. The van der Waals surface area contributed by atoms with Gasteiger partial charge < -0.3 is 15.3 Å². The summed E-state index contributed by atoms with van der Waals surface area (Å²) in [6, 6.07) is 9.81. The number of aryl methyl sites for hydroxylation is 2. The minimum atomic E-state index is -0.161. The van der Waals surface area contributed by atoms with Crippen molar-refractivity contribution in [3.05, 3.63) is 46.5 Å². The number of nitrogens with zero attached hydrogens (tertiary/aromatic N) is 3. The van der Waals surface area contributed by atoms with Crippen LogP contribution >= 0.6 is 11.3 Å². The number of thiazole rings is 1.